The van der Waals surface area contributed by atoms with Crippen LogP contribution in [0.1, 0.15) is 12.8 Å². The normalized spacial score (nSPS) is 23.0. The van der Waals surface area contributed by atoms with Crippen molar-refractivity contribution in [2.45, 2.75) is 25.1 Å². The number of hydrogen-bond acceptors (Lipinski definition) is 3. The molecule has 0 aromatic rings. The summed E-state index contributed by atoms with van der Waals surface area (Å²) in [5, 5.41) is 1.63. The Hall–Kier alpha value is -1.80. The van der Waals surface area contributed by atoms with Gasteiger partial charge in [-0.05, 0) is 12.8 Å². The average Bonchev–Trinajstić information content (AvgIpc) is 2.86. The number of carbonyl (C=O) groups is 3. The van der Waals surface area contributed by atoms with Gasteiger partial charge in [0.05, 0.1) is 0 Å². The van der Waals surface area contributed by atoms with Crippen LogP contribution in [0.15, 0.2) is 0 Å². The summed E-state index contributed by atoms with van der Waals surface area (Å²) in [7, 11) is 0. The summed E-state index contributed by atoms with van der Waals surface area (Å²) in [6.45, 7) is -1.70. The highest BCUT2D eigenvalue weighted by Crippen LogP contribution is 2.26. The second kappa shape index (κ2) is 4.71. The number of carbonyl (C=O) groups excluding carboxylic acids is 3. The van der Waals surface area contributed by atoms with Gasteiger partial charge in [0.25, 0.3) is 5.91 Å². The van der Waals surface area contributed by atoms with Crippen molar-refractivity contribution in [3.63, 3.8) is 0 Å². The zero-order valence-electron chi connectivity index (χ0n) is 9.87. The van der Waals surface area contributed by atoms with Crippen molar-refractivity contribution < 1.29 is 27.6 Å². The van der Waals surface area contributed by atoms with Crippen molar-refractivity contribution in [2.24, 2.45) is 0 Å². The van der Waals surface area contributed by atoms with Crippen LogP contribution in [0.4, 0.5) is 18.0 Å². The van der Waals surface area contributed by atoms with Gasteiger partial charge in [-0.2, -0.15) is 13.2 Å². The zero-order valence-corrected chi connectivity index (χ0v) is 9.87. The van der Waals surface area contributed by atoms with Gasteiger partial charge in [-0.1, -0.05) is 0 Å². The zero-order chi connectivity index (χ0) is 14.2. The number of nitrogens with zero attached hydrogens (tertiary/aromatic N) is 2. The Morgan fingerprint density at radius 2 is 2.05 bits per heavy atom. The van der Waals surface area contributed by atoms with Gasteiger partial charge in [-0.15, -0.1) is 0 Å². The maximum atomic E-state index is 11.9. The summed E-state index contributed by atoms with van der Waals surface area (Å²) in [4.78, 5) is 36.9. The summed E-state index contributed by atoms with van der Waals surface area (Å²) in [5.74, 6) is -1.51. The van der Waals surface area contributed by atoms with Gasteiger partial charge in [-0.25, -0.2) is 4.79 Å². The van der Waals surface area contributed by atoms with E-state index in [4.69, 9.17) is 0 Å². The fraction of sp³-hybridized carbons (Fsp3) is 0.700. The molecule has 2 saturated heterocycles. The third-order valence-corrected chi connectivity index (χ3v) is 3.07. The van der Waals surface area contributed by atoms with E-state index < -0.39 is 43.2 Å². The molecule has 19 heavy (non-hydrogen) atoms. The maximum Gasteiger partial charge on any atom is 0.405 e. The number of hydrogen-bond donors (Lipinski definition) is 1. The van der Waals surface area contributed by atoms with Gasteiger partial charge in [-0.3, -0.25) is 14.5 Å². The van der Waals surface area contributed by atoms with Crippen LogP contribution in [0.5, 0.6) is 0 Å². The van der Waals surface area contributed by atoms with Crippen LogP contribution in [0.25, 0.3) is 0 Å². The molecular formula is C10H12F3N3O3. The number of halogens is 3. The van der Waals surface area contributed by atoms with Crippen LogP contribution in [0.3, 0.4) is 0 Å². The fourth-order valence-corrected chi connectivity index (χ4v) is 2.23. The molecule has 0 aromatic heterocycles. The van der Waals surface area contributed by atoms with E-state index in [-0.39, 0.29) is 0 Å². The second-order valence-electron chi connectivity index (χ2n) is 4.45. The lowest BCUT2D eigenvalue weighted by atomic mass is 10.2. The number of urea groups is 1. The molecule has 6 nitrogen and oxygen atoms in total. The summed E-state index contributed by atoms with van der Waals surface area (Å²) >= 11 is 0. The summed E-state index contributed by atoms with van der Waals surface area (Å²) in [6.07, 6.45) is -3.27. The monoisotopic (exact) mass is 279 g/mol. The van der Waals surface area contributed by atoms with E-state index >= 15 is 0 Å². The first-order chi connectivity index (χ1) is 8.79. The van der Waals surface area contributed by atoms with E-state index in [1.165, 1.54) is 4.90 Å². The molecule has 4 amide bonds. The Balaban J connectivity index is 1.91. The Kier molecular flexibility index (Phi) is 3.38. The molecule has 0 bridgehead atoms. The number of imide groups is 1. The van der Waals surface area contributed by atoms with Crippen LogP contribution >= 0.6 is 0 Å². The van der Waals surface area contributed by atoms with Crippen molar-refractivity contribution in [3.8, 4) is 0 Å². The molecule has 0 spiro atoms. The number of rotatable bonds is 3. The summed E-state index contributed by atoms with van der Waals surface area (Å²) in [6, 6.07) is -1.16. The minimum atomic E-state index is -4.52. The first-order valence-electron chi connectivity index (χ1n) is 5.75. The molecule has 2 rings (SSSR count). The predicted octanol–water partition coefficient (Wildman–Crippen LogP) is 0.0915. The van der Waals surface area contributed by atoms with Crippen molar-refractivity contribution in [1.82, 2.24) is 15.1 Å². The van der Waals surface area contributed by atoms with Crippen LogP contribution in [0.2, 0.25) is 0 Å². The molecule has 0 aliphatic carbocycles. The lowest BCUT2D eigenvalue weighted by Crippen LogP contribution is -2.44. The molecule has 1 unspecified atom stereocenters. The van der Waals surface area contributed by atoms with Crippen LogP contribution in [-0.4, -0.2) is 59.5 Å². The SMILES string of the molecule is O=C(CN1C(=O)C2CCCN2C1=O)NCC(F)(F)F. The van der Waals surface area contributed by atoms with Crippen molar-refractivity contribution >= 4 is 17.8 Å². The Bertz CT molecular complexity index is 402. The highest BCUT2D eigenvalue weighted by atomic mass is 19.4. The Labute approximate surface area is 106 Å². The molecule has 1 atom stereocenters. The molecule has 2 fully saturated rings. The second-order valence-corrected chi connectivity index (χ2v) is 4.45. The fourth-order valence-electron chi connectivity index (χ4n) is 2.23. The number of amides is 4. The minimum absolute atomic E-state index is 0.440. The first-order valence-corrected chi connectivity index (χ1v) is 5.75. The van der Waals surface area contributed by atoms with Crippen LogP contribution in [0, 0.1) is 0 Å². The van der Waals surface area contributed by atoms with Crippen LogP contribution in [-0.2, 0) is 9.59 Å². The van der Waals surface area contributed by atoms with Crippen molar-refractivity contribution in [3.05, 3.63) is 0 Å². The lowest BCUT2D eigenvalue weighted by molar-refractivity contribution is -0.140. The lowest BCUT2D eigenvalue weighted by Gasteiger charge is -2.15. The van der Waals surface area contributed by atoms with Gasteiger partial charge in [0.1, 0.15) is 19.1 Å². The van der Waals surface area contributed by atoms with Crippen molar-refractivity contribution in [1.29, 1.82) is 0 Å². The molecule has 2 heterocycles. The smallest absolute Gasteiger partial charge is 0.345 e. The van der Waals surface area contributed by atoms with Gasteiger partial charge in [0, 0.05) is 6.54 Å². The number of alkyl halides is 3. The van der Waals surface area contributed by atoms with E-state index in [0.29, 0.717) is 17.9 Å². The molecule has 2 aliphatic rings. The van der Waals surface area contributed by atoms with Gasteiger partial charge in [0.2, 0.25) is 5.91 Å². The van der Waals surface area contributed by atoms with E-state index in [0.717, 1.165) is 6.42 Å². The molecule has 106 valence electrons. The maximum absolute atomic E-state index is 11.9. The molecule has 0 aromatic carbocycles. The third-order valence-electron chi connectivity index (χ3n) is 3.07. The quantitative estimate of drug-likeness (QED) is 0.744. The number of nitrogens with one attached hydrogen (secondary N) is 1. The van der Waals surface area contributed by atoms with Crippen LogP contribution < -0.4 is 5.32 Å². The summed E-state index contributed by atoms with van der Waals surface area (Å²) < 4.78 is 35.7. The Morgan fingerprint density at radius 3 is 2.63 bits per heavy atom. The van der Waals surface area contributed by atoms with E-state index in [2.05, 4.69) is 0 Å². The van der Waals surface area contributed by atoms with Gasteiger partial charge < -0.3 is 10.2 Å². The predicted molar refractivity (Wildman–Crippen MR) is 55.9 cm³/mol. The van der Waals surface area contributed by atoms with E-state index in [1.54, 1.807) is 5.32 Å². The largest absolute Gasteiger partial charge is 0.405 e. The standard InChI is InChI=1S/C10H12F3N3O3/c11-10(12,13)5-14-7(17)4-16-8(18)6-2-1-3-15(6)9(16)19/h6H,1-5H2,(H,14,17). The Morgan fingerprint density at radius 1 is 1.37 bits per heavy atom. The average molecular weight is 279 g/mol. The topological polar surface area (TPSA) is 69.7 Å². The number of fused-ring (bicyclic) bond motifs is 1. The van der Waals surface area contributed by atoms with Crippen molar-refractivity contribution in [2.75, 3.05) is 19.6 Å². The molecule has 2 aliphatic heterocycles. The molecular weight excluding hydrogens is 267 g/mol. The summed E-state index contributed by atoms with van der Waals surface area (Å²) in [5.41, 5.74) is 0. The van der Waals surface area contributed by atoms with E-state index in [1.807, 2.05) is 0 Å². The van der Waals surface area contributed by atoms with Gasteiger partial charge >= 0.3 is 12.2 Å². The first kappa shape index (κ1) is 13.6. The molecule has 9 heteroatoms. The highest BCUT2D eigenvalue weighted by Gasteiger charge is 2.47. The molecule has 0 saturated carbocycles. The van der Waals surface area contributed by atoms with Gasteiger partial charge in [0.15, 0.2) is 0 Å². The third kappa shape index (κ3) is 2.79. The van der Waals surface area contributed by atoms with E-state index in [9.17, 15) is 27.6 Å². The highest BCUT2D eigenvalue weighted by molar-refractivity contribution is 6.06. The minimum Gasteiger partial charge on any atom is -0.345 e. The molecule has 1 N–H and O–H groups in total. The molecule has 0 radical (unpaired) electrons.